The van der Waals surface area contributed by atoms with Gasteiger partial charge in [-0.2, -0.15) is 0 Å². The fourth-order valence-electron chi connectivity index (χ4n) is 2.92. The third-order valence-corrected chi connectivity index (χ3v) is 5.61. The zero-order chi connectivity index (χ0) is 20.4. The fraction of sp³-hybridized carbons (Fsp3) is 0.391. The average molecular weight is 399 g/mol. The molecular formula is C23H30N2O2S. The summed E-state index contributed by atoms with van der Waals surface area (Å²) in [7, 11) is 0. The second kappa shape index (κ2) is 11.5. The number of benzene rings is 2. The van der Waals surface area contributed by atoms with E-state index in [1.165, 1.54) is 11.1 Å². The Kier molecular flexibility index (Phi) is 9.08. The molecule has 2 amide bonds. The van der Waals surface area contributed by atoms with Crippen LogP contribution in [0.1, 0.15) is 30.5 Å². The maximum Gasteiger partial charge on any atom is 0.242 e. The lowest BCUT2D eigenvalue weighted by Crippen LogP contribution is -2.49. The molecule has 0 aromatic heterocycles. The van der Waals surface area contributed by atoms with E-state index in [1.807, 2.05) is 37.3 Å². The van der Waals surface area contributed by atoms with E-state index in [-0.39, 0.29) is 11.8 Å². The standard InChI is InChI=1S/C23H30N2O2S/c1-4-24-23(27)19(3)25(15-14-20-8-6-5-7-9-20)22(26)17-28-16-21-12-10-18(2)11-13-21/h5-13,19H,4,14-17H2,1-3H3,(H,24,27)/t19-/m0/s1. The molecule has 0 saturated carbocycles. The zero-order valence-electron chi connectivity index (χ0n) is 17.0. The molecule has 0 saturated heterocycles. The second-order valence-corrected chi connectivity index (χ2v) is 7.86. The van der Waals surface area contributed by atoms with Crippen molar-refractivity contribution in [1.82, 2.24) is 10.2 Å². The molecule has 5 heteroatoms. The molecule has 0 unspecified atom stereocenters. The summed E-state index contributed by atoms with van der Waals surface area (Å²) in [5.41, 5.74) is 3.60. The normalized spacial score (nSPS) is 11.7. The average Bonchev–Trinajstić information content (AvgIpc) is 2.70. The van der Waals surface area contributed by atoms with E-state index >= 15 is 0 Å². The van der Waals surface area contributed by atoms with Gasteiger partial charge in [0.05, 0.1) is 5.75 Å². The number of amides is 2. The van der Waals surface area contributed by atoms with E-state index in [1.54, 1.807) is 23.6 Å². The Labute approximate surface area is 172 Å². The first kappa shape index (κ1) is 22.0. The Morgan fingerprint density at radius 2 is 1.71 bits per heavy atom. The van der Waals surface area contributed by atoms with Gasteiger partial charge >= 0.3 is 0 Å². The quantitative estimate of drug-likeness (QED) is 0.662. The van der Waals surface area contributed by atoms with Gasteiger partial charge in [-0.25, -0.2) is 0 Å². The lowest BCUT2D eigenvalue weighted by Gasteiger charge is -2.28. The van der Waals surface area contributed by atoms with Gasteiger partial charge in [-0.3, -0.25) is 9.59 Å². The smallest absolute Gasteiger partial charge is 0.242 e. The number of hydrogen-bond donors (Lipinski definition) is 1. The van der Waals surface area contributed by atoms with Crippen molar-refractivity contribution in [1.29, 1.82) is 0 Å². The van der Waals surface area contributed by atoms with Crippen molar-refractivity contribution in [2.24, 2.45) is 0 Å². The molecule has 2 rings (SSSR count). The highest BCUT2D eigenvalue weighted by atomic mass is 32.2. The molecule has 2 aromatic rings. The van der Waals surface area contributed by atoms with Crippen LogP contribution in [-0.4, -0.2) is 41.6 Å². The van der Waals surface area contributed by atoms with Crippen molar-refractivity contribution in [3.05, 3.63) is 71.3 Å². The molecule has 0 bridgehead atoms. The molecule has 0 spiro atoms. The lowest BCUT2D eigenvalue weighted by atomic mass is 10.1. The highest BCUT2D eigenvalue weighted by molar-refractivity contribution is 7.99. The fourth-order valence-corrected chi connectivity index (χ4v) is 3.79. The van der Waals surface area contributed by atoms with Gasteiger partial charge in [0.1, 0.15) is 6.04 Å². The summed E-state index contributed by atoms with van der Waals surface area (Å²) in [6.45, 7) is 6.85. The minimum absolute atomic E-state index is 0.00629. The van der Waals surface area contributed by atoms with E-state index in [0.29, 0.717) is 18.8 Å². The summed E-state index contributed by atoms with van der Waals surface area (Å²) < 4.78 is 0. The number of carbonyl (C=O) groups excluding carboxylic acids is 2. The lowest BCUT2D eigenvalue weighted by molar-refractivity contribution is -0.137. The van der Waals surface area contributed by atoms with Crippen LogP contribution in [0.5, 0.6) is 0 Å². The molecule has 1 N–H and O–H groups in total. The Balaban J connectivity index is 1.96. The molecule has 0 fully saturated rings. The number of nitrogens with one attached hydrogen (secondary N) is 1. The number of hydrogen-bond acceptors (Lipinski definition) is 3. The van der Waals surface area contributed by atoms with Crippen LogP contribution in [0.4, 0.5) is 0 Å². The van der Waals surface area contributed by atoms with Crippen molar-refractivity contribution in [3.8, 4) is 0 Å². The number of nitrogens with zero attached hydrogens (tertiary/aromatic N) is 1. The van der Waals surface area contributed by atoms with Crippen molar-refractivity contribution in [3.63, 3.8) is 0 Å². The SMILES string of the molecule is CCNC(=O)[C@H](C)N(CCc1ccccc1)C(=O)CSCc1ccc(C)cc1. The highest BCUT2D eigenvalue weighted by Gasteiger charge is 2.25. The topological polar surface area (TPSA) is 49.4 Å². The van der Waals surface area contributed by atoms with Crippen LogP contribution in [-0.2, 0) is 21.8 Å². The summed E-state index contributed by atoms with van der Waals surface area (Å²) >= 11 is 1.59. The molecule has 0 aliphatic heterocycles. The molecule has 150 valence electrons. The van der Waals surface area contributed by atoms with Crippen LogP contribution in [0.2, 0.25) is 0 Å². The third kappa shape index (κ3) is 7.04. The number of aryl methyl sites for hydroxylation is 1. The molecule has 0 radical (unpaired) electrons. The monoisotopic (exact) mass is 398 g/mol. The van der Waals surface area contributed by atoms with Crippen molar-refractivity contribution in [2.75, 3.05) is 18.8 Å². The molecule has 0 heterocycles. The van der Waals surface area contributed by atoms with Gasteiger partial charge in [0, 0.05) is 18.8 Å². The van der Waals surface area contributed by atoms with Crippen LogP contribution >= 0.6 is 11.8 Å². The van der Waals surface area contributed by atoms with E-state index in [2.05, 4.69) is 36.5 Å². The number of likely N-dealkylation sites (N-methyl/N-ethyl adjacent to an activating group) is 1. The minimum atomic E-state index is -0.476. The molecule has 4 nitrogen and oxygen atoms in total. The van der Waals surface area contributed by atoms with Crippen LogP contribution in [0, 0.1) is 6.92 Å². The Hall–Kier alpha value is -2.27. The Bertz CT molecular complexity index is 747. The molecule has 0 aliphatic rings. The summed E-state index contributed by atoms with van der Waals surface area (Å²) in [5, 5.41) is 2.83. The van der Waals surface area contributed by atoms with Crippen LogP contribution in [0.3, 0.4) is 0 Å². The molecule has 1 atom stereocenters. The first-order chi connectivity index (χ1) is 13.5. The second-order valence-electron chi connectivity index (χ2n) is 6.87. The number of rotatable bonds is 10. The predicted octanol–water partition coefficient (Wildman–Crippen LogP) is 3.82. The van der Waals surface area contributed by atoms with Gasteiger partial charge in [-0.1, -0.05) is 60.2 Å². The van der Waals surface area contributed by atoms with Crippen LogP contribution in [0.25, 0.3) is 0 Å². The van der Waals surface area contributed by atoms with E-state index in [0.717, 1.165) is 17.7 Å². The molecule has 2 aromatic carbocycles. The predicted molar refractivity (Wildman–Crippen MR) is 117 cm³/mol. The molecule has 0 aliphatic carbocycles. The van der Waals surface area contributed by atoms with E-state index < -0.39 is 6.04 Å². The van der Waals surface area contributed by atoms with Gasteiger partial charge in [-0.05, 0) is 38.3 Å². The zero-order valence-corrected chi connectivity index (χ0v) is 17.8. The first-order valence-corrected chi connectivity index (χ1v) is 10.9. The van der Waals surface area contributed by atoms with Gasteiger partial charge in [-0.15, -0.1) is 11.8 Å². The van der Waals surface area contributed by atoms with Crippen molar-refractivity contribution < 1.29 is 9.59 Å². The first-order valence-electron chi connectivity index (χ1n) is 9.75. The molecular weight excluding hydrogens is 368 g/mol. The van der Waals surface area contributed by atoms with Gasteiger partial charge in [0.2, 0.25) is 11.8 Å². The van der Waals surface area contributed by atoms with Gasteiger partial charge in [0.25, 0.3) is 0 Å². The van der Waals surface area contributed by atoms with E-state index in [9.17, 15) is 9.59 Å². The maximum atomic E-state index is 12.9. The number of carbonyl (C=O) groups is 2. The third-order valence-electron chi connectivity index (χ3n) is 4.62. The van der Waals surface area contributed by atoms with Gasteiger partial charge in [0.15, 0.2) is 0 Å². The minimum Gasteiger partial charge on any atom is -0.355 e. The summed E-state index contributed by atoms with van der Waals surface area (Å²) in [4.78, 5) is 26.9. The Morgan fingerprint density at radius 1 is 1.04 bits per heavy atom. The maximum absolute atomic E-state index is 12.9. The van der Waals surface area contributed by atoms with Gasteiger partial charge < -0.3 is 10.2 Å². The highest BCUT2D eigenvalue weighted by Crippen LogP contribution is 2.15. The largest absolute Gasteiger partial charge is 0.355 e. The number of thioether (sulfide) groups is 1. The van der Waals surface area contributed by atoms with Crippen LogP contribution in [0.15, 0.2) is 54.6 Å². The summed E-state index contributed by atoms with van der Waals surface area (Å²) in [6, 6.07) is 17.9. The van der Waals surface area contributed by atoms with Crippen molar-refractivity contribution >= 4 is 23.6 Å². The van der Waals surface area contributed by atoms with Crippen molar-refractivity contribution in [2.45, 2.75) is 39.0 Å². The van der Waals surface area contributed by atoms with Crippen LogP contribution < -0.4 is 5.32 Å². The van der Waals surface area contributed by atoms with E-state index in [4.69, 9.17) is 0 Å². The Morgan fingerprint density at radius 3 is 2.36 bits per heavy atom. The summed E-state index contributed by atoms with van der Waals surface area (Å²) in [5.74, 6) is 1.06. The molecule has 28 heavy (non-hydrogen) atoms. The summed E-state index contributed by atoms with van der Waals surface area (Å²) in [6.07, 6.45) is 0.735.